The molecule has 0 amide bonds. The number of allylic oxidation sites excluding steroid dienone is 8. The molecule has 0 aromatic rings. The van der Waals surface area contributed by atoms with Gasteiger partial charge in [0.25, 0.3) is 0 Å². The molecule has 0 heterocycles. The second-order valence-electron chi connectivity index (χ2n) is 6.29. The smallest absolute Gasteiger partial charge is 0.388 e. The van der Waals surface area contributed by atoms with Gasteiger partial charge in [0.05, 0.1) is 0 Å². The van der Waals surface area contributed by atoms with Crippen LogP contribution in [0.2, 0.25) is 0 Å². The third-order valence-corrected chi connectivity index (χ3v) is 3.66. The molecule has 24 heavy (non-hydrogen) atoms. The van der Waals surface area contributed by atoms with E-state index in [1.54, 1.807) is 14.2 Å². The molecule has 2 rings (SSSR count). The predicted molar refractivity (Wildman–Crippen MR) is 102 cm³/mol. The Labute approximate surface area is 166 Å². The first-order valence-corrected chi connectivity index (χ1v) is 9.04. The maximum absolute atomic E-state index is 4.25. The Balaban J connectivity index is 0. The van der Waals surface area contributed by atoms with E-state index in [0.717, 1.165) is 12.8 Å². The van der Waals surface area contributed by atoms with Crippen molar-refractivity contribution in [2.75, 3.05) is 14.2 Å². The van der Waals surface area contributed by atoms with Gasteiger partial charge in [-0.3, -0.25) is 0 Å². The molecule has 2 heteroatoms. The van der Waals surface area contributed by atoms with Crippen LogP contribution < -0.4 is 0 Å². The largest absolute Gasteiger partial charge is 2.00 e. The molecule has 0 aliphatic heterocycles. The zero-order valence-corrected chi connectivity index (χ0v) is 18.3. The van der Waals surface area contributed by atoms with Crippen molar-refractivity contribution in [2.24, 2.45) is 0 Å². The number of unbranched alkanes of at least 4 members (excludes halogenated alkanes) is 2. The summed E-state index contributed by atoms with van der Waals surface area (Å²) in [5, 5.41) is 0. The average Bonchev–Trinajstić information content (AvgIpc) is 3.13. The predicted octanol–water partition coefficient (Wildman–Crippen LogP) is 6.77. The van der Waals surface area contributed by atoms with Crippen LogP contribution in [0.15, 0.2) is 34.4 Å². The maximum Gasteiger partial charge on any atom is 2.00 e. The van der Waals surface area contributed by atoms with Crippen LogP contribution in [0.4, 0.5) is 0 Å². The Kier molecular flexibility index (Phi) is 18.8. The first kappa shape index (κ1) is 25.9. The van der Waals surface area contributed by atoms with Crippen LogP contribution in [0.1, 0.15) is 79.1 Å². The third kappa shape index (κ3) is 14.0. The molecular formula is C22H36OTi. The fraction of sp³-hybridized carbons (Fsp3) is 0.636. The molecule has 134 valence electrons. The Morgan fingerprint density at radius 1 is 0.833 bits per heavy atom. The fourth-order valence-electron chi connectivity index (χ4n) is 2.37. The van der Waals surface area contributed by atoms with E-state index in [4.69, 9.17) is 0 Å². The first-order valence-electron chi connectivity index (χ1n) is 9.04. The van der Waals surface area contributed by atoms with Gasteiger partial charge in [-0.1, -0.05) is 79.1 Å². The maximum atomic E-state index is 4.25. The summed E-state index contributed by atoms with van der Waals surface area (Å²) in [6.45, 7) is 8.75. The third-order valence-electron chi connectivity index (χ3n) is 3.66. The van der Waals surface area contributed by atoms with Gasteiger partial charge in [0.15, 0.2) is 0 Å². The van der Waals surface area contributed by atoms with E-state index in [-0.39, 0.29) is 21.7 Å². The molecule has 2 aliphatic carbocycles. The normalized spacial score (nSPS) is 14.9. The molecule has 0 radical (unpaired) electrons. The van der Waals surface area contributed by atoms with Crippen molar-refractivity contribution in [1.82, 2.24) is 0 Å². The van der Waals surface area contributed by atoms with Crippen molar-refractivity contribution in [3.05, 3.63) is 46.6 Å². The summed E-state index contributed by atoms with van der Waals surface area (Å²) < 4.78 is 4.25. The zero-order valence-electron chi connectivity index (χ0n) is 16.7. The van der Waals surface area contributed by atoms with Gasteiger partial charge in [0.1, 0.15) is 0 Å². The van der Waals surface area contributed by atoms with Gasteiger partial charge in [-0.15, -0.1) is 0 Å². The summed E-state index contributed by atoms with van der Waals surface area (Å²) in [5.74, 6) is 0. The minimum absolute atomic E-state index is 0. The molecular weight excluding hydrogens is 328 g/mol. The van der Waals surface area contributed by atoms with E-state index in [9.17, 15) is 0 Å². The van der Waals surface area contributed by atoms with Gasteiger partial charge in [-0.05, 0) is 0 Å². The fourth-order valence-corrected chi connectivity index (χ4v) is 2.37. The average molecular weight is 364 g/mol. The molecule has 0 aromatic heterocycles. The molecule has 0 fully saturated rings. The molecule has 0 atom stereocenters. The topological polar surface area (TPSA) is 9.23 Å². The van der Waals surface area contributed by atoms with E-state index in [0.29, 0.717) is 0 Å². The van der Waals surface area contributed by atoms with Gasteiger partial charge < -0.3 is 4.74 Å². The minimum Gasteiger partial charge on any atom is -0.388 e. The van der Waals surface area contributed by atoms with Gasteiger partial charge in [-0.25, -0.2) is 35.5 Å². The summed E-state index contributed by atoms with van der Waals surface area (Å²) in [6.07, 6.45) is 21.3. The van der Waals surface area contributed by atoms with Crippen molar-refractivity contribution in [3.63, 3.8) is 0 Å². The Morgan fingerprint density at radius 2 is 1.17 bits per heavy atom. The number of methoxy groups -OCH3 is 1. The van der Waals surface area contributed by atoms with Crippen LogP contribution in [0.25, 0.3) is 0 Å². The van der Waals surface area contributed by atoms with Gasteiger partial charge in [0.2, 0.25) is 0 Å². The zero-order chi connectivity index (χ0) is 17.5. The number of rotatable bonds is 6. The van der Waals surface area contributed by atoms with E-state index in [1.165, 1.54) is 60.8 Å². The summed E-state index contributed by atoms with van der Waals surface area (Å²) >= 11 is 0. The Morgan fingerprint density at radius 3 is 1.38 bits per heavy atom. The molecule has 1 nitrogen and oxygen atoms in total. The summed E-state index contributed by atoms with van der Waals surface area (Å²) in [6, 6.07) is 0. The molecule has 0 N–H and O–H groups in total. The molecule has 0 saturated carbocycles. The van der Waals surface area contributed by atoms with Crippen LogP contribution >= 0.6 is 0 Å². The van der Waals surface area contributed by atoms with Crippen LogP contribution in [0.5, 0.6) is 0 Å². The van der Waals surface area contributed by atoms with Crippen molar-refractivity contribution in [2.45, 2.75) is 79.1 Å². The van der Waals surface area contributed by atoms with E-state index in [2.05, 4.69) is 56.7 Å². The van der Waals surface area contributed by atoms with Crippen LogP contribution in [-0.4, -0.2) is 14.2 Å². The summed E-state index contributed by atoms with van der Waals surface area (Å²) in [5.41, 5.74) is 5.65. The van der Waals surface area contributed by atoms with Crippen molar-refractivity contribution >= 4 is 0 Å². The molecule has 0 unspecified atom stereocenters. The van der Waals surface area contributed by atoms with Crippen LogP contribution in [0.3, 0.4) is 0 Å². The second-order valence-corrected chi connectivity index (χ2v) is 6.29. The molecule has 0 saturated heterocycles. The second kappa shape index (κ2) is 17.5. The van der Waals surface area contributed by atoms with E-state index in [1.807, 2.05) is 0 Å². The summed E-state index contributed by atoms with van der Waals surface area (Å²) in [7, 11) is 3.25. The molecule has 0 spiro atoms. The van der Waals surface area contributed by atoms with Crippen LogP contribution in [-0.2, 0) is 26.5 Å². The summed E-state index contributed by atoms with van der Waals surface area (Å²) in [4.78, 5) is 0. The quantitative estimate of drug-likeness (QED) is 0.373. The standard InChI is InChI=1S/2C10H15.C2H6O.Ti/c2*1-3-4-5-10-7-6-9(2)8-10;1-3-2;/h2*7H,3-6H2,1-2H3;1-2H3;/q2*-1;;+2. The molecule has 0 aromatic carbocycles. The van der Waals surface area contributed by atoms with Crippen LogP contribution in [0, 0.1) is 12.2 Å². The number of hydrogen-bond donors (Lipinski definition) is 0. The minimum atomic E-state index is 0. The monoisotopic (exact) mass is 364 g/mol. The van der Waals surface area contributed by atoms with Gasteiger partial charge in [0, 0.05) is 14.2 Å². The number of hydrogen-bond acceptors (Lipinski definition) is 1. The molecule has 0 bridgehead atoms. The SMILES string of the molecule is CCCCC1=CCC(C)=[C-]1.CCCCC1=CCC(C)=[C-]1.COC.[Ti+2]. The van der Waals surface area contributed by atoms with Gasteiger partial charge in [-0.2, -0.15) is 11.1 Å². The molecule has 2 aliphatic rings. The van der Waals surface area contributed by atoms with Crippen molar-refractivity contribution in [3.8, 4) is 0 Å². The van der Waals surface area contributed by atoms with E-state index < -0.39 is 0 Å². The van der Waals surface area contributed by atoms with Crippen molar-refractivity contribution in [1.29, 1.82) is 0 Å². The Hall–Kier alpha value is -0.366. The van der Waals surface area contributed by atoms with Crippen molar-refractivity contribution < 1.29 is 26.5 Å². The Bertz CT molecular complexity index is 387. The first-order chi connectivity index (χ1) is 11.1. The van der Waals surface area contributed by atoms with E-state index >= 15 is 0 Å². The number of ether oxygens (including phenoxy) is 1. The van der Waals surface area contributed by atoms with Gasteiger partial charge >= 0.3 is 21.7 Å².